The molecule has 1 aromatic heterocycles. The lowest BCUT2D eigenvalue weighted by molar-refractivity contribution is 0.415. The lowest BCUT2D eigenvalue weighted by Crippen LogP contribution is -2.01. The number of rotatable bonds is 4. The van der Waals surface area contributed by atoms with Crippen LogP contribution in [0.3, 0.4) is 0 Å². The van der Waals surface area contributed by atoms with E-state index in [1.165, 1.54) is 0 Å². The molecular weight excluding hydrogens is 214 g/mol. The van der Waals surface area contributed by atoms with Crippen molar-refractivity contribution in [2.24, 2.45) is 0 Å². The SMILES string of the molecule is CCNc1ncc(-c2ccc(OC)cc2)cn1. The van der Waals surface area contributed by atoms with Crippen molar-refractivity contribution in [2.45, 2.75) is 6.92 Å². The number of nitrogens with one attached hydrogen (secondary N) is 1. The molecule has 0 bridgehead atoms. The summed E-state index contributed by atoms with van der Waals surface area (Å²) in [6.07, 6.45) is 3.62. The topological polar surface area (TPSA) is 47.0 Å². The van der Waals surface area contributed by atoms with Gasteiger partial charge in [0.15, 0.2) is 0 Å². The van der Waals surface area contributed by atoms with E-state index in [0.29, 0.717) is 5.95 Å². The molecule has 2 rings (SSSR count). The Morgan fingerprint density at radius 1 is 1.06 bits per heavy atom. The lowest BCUT2D eigenvalue weighted by Gasteiger charge is -2.04. The van der Waals surface area contributed by atoms with E-state index in [1.54, 1.807) is 7.11 Å². The summed E-state index contributed by atoms with van der Waals surface area (Å²) in [6.45, 7) is 2.84. The van der Waals surface area contributed by atoms with E-state index >= 15 is 0 Å². The molecule has 1 N–H and O–H groups in total. The normalized spacial score (nSPS) is 10.0. The summed E-state index contributed by atoms with van der Waals surface area (Å²) in [5, 5.41) is 3.06. The quantitative estimate of drug-likeness (QED) is 0.875. The molecular formula is C13H15N3O. The first-order valence-corrected chi connectivity index (χ1v) is 5.54. The van der Waals surface area contributed by atoms with Crippen LogP contribution >= 0.6 is 0 Å². The van der Waals surface area contributed by atoms with Crippen LogP contribution in [-0.4, -0.2) is 23.6 Å². The monoisotopic (exact) mass is 229 g/mol. The molecule has 0 spiro atoms. The number of aromatic nitrogens is 2. The fraction of sp³-hybridized carbons (Fsp3) is 0.231. The molecule has 17 heavy (non-hydrogen) atoms. The number of hydrogen-bond acceptors (Lipinski definition) is 4. The maximum atomic E-state index is 5.11. The van der Waals surface area contributed by atoms with Gasteiger partial charge in [0.05, 0.1) is 7.11 Å². The first-order valence-electron chi connectivity index (χ1n) is 5.54. The third kappa shape index (κ3) is 2.72. The summed E-state index contributed by atoms with van der Waals surface area (Å²) < 4.78 is 5.11. The highest BCUT2D eigenvalue weighted by Crippen LogP contribution is 2.21. The largest absolute Gasteiger partial charge is 0.497 e. The van der Waals surface area contributed by atoms with E-state index in [0.717, 1.165) is 23.4 Å². The molecule has 4 nitrogen and oxygen atoms in total. The summed E-state index contributed by atoms with van der Waals surface area (Å²) in [7, 11) is 1.66. The minimum atomic E-state index is 0.657. The molecule has 0 atom stereocenters. The molecule has 1 heterocycles. The Balaban J connectivity index is 2.20. The summed E-state index contributed by atoms with van der Waals surface area (Å²) in [4.78, 5) is 8.47. The second kappa shape index (κ2) is 5.30. The number of ether oxygens (including phenoxy) is 1. The zero-order valence-electron chi connectivity index (χ0n) is 9.97. The third-order valence-corrected chi connectivity index (χ3v) is 2.41. The second-order valence-corrected chi connectivity index (χ2v) is 3.55. The van der Waals surface area contributed by atoms with Gasteiger partial charge < -0.3 is 10.1 Å². The predicted molar refractivity (Wildman–Crippen MR) is 68.2 cm³/mol. The van der Waals surface area contributed by atoms with E-state index in [9.17, 15) is 0 Å². The number of methoxy groups -OCH3 is 1. The van der Waals surface area contributed by atoms with Gasteiger partial charge in [0.1, 0.15) is 5.75 Å². The van der Waals surface area contributed by atoms with Crippen molar-refractivity contribution < 1.29 is 4.74 Å². The predicted octanol–water partition coefficient (Wildman–Crippen LogP) is 2.58. The van der Waals surface area contributed by atoms with Gasteiger partial charge in [0.2, 0.25) is 5.95 Å². The van der Waals surface area contributed by atoms with Crippen molar-refractivity contribution in [3.63, 3.8) is 0 Å². The van der Waals surface area contributed by atoms with Crippen LogP contribution in [0.25, 0.3) is 11.1 Å². The van der Waals surface area contributed by atoms with Gasteiger partial charge in [-0.3, -0.25) is 0 Å². The molecule has 0 aliphatic carbocycles. The van der Waals surface area contributed by atoms with Crippen molar-refractivity contribution in [1.82, 2.24) is 9.97 Å². The van der Waals surface area contributed by atoms with Gasteiger partial charge in [-0.05, 0) is 24.6 Å². The van der Waals surface area contributed by atoms with Gasteiger partial charge in [0, 0.05) is 24.5 Å². The first-order chi connectivity index (χ1) is 8.33. The van der Waals surface area contributed by atoms with Crippen molar-refractivity contribution >= 4 is 5.95 Å². The molecule has 0 aliphatic heterocycles. The van der Waals surface area contributed by atoms with Gasteiger partial charge >= 0.3 is 0 Å². The highest BCUT2D eigenvalue weighted by atomic mass is 16.5. The molecule has 0 fully saturated rings. The summed E-state index contributed by atoms with van der Waals surface area (Å²) >= 11 is 0. The van der Waals surface area contributed by atoms with Crippen molar-refractivity contribution in [3.05, 3.63) is 36.7 Å². The van der Waals surface area contributed by atoms with Gasteiger partial charge in [-0.15, -0.1) is 0 Å². The number of benzene rings is 1. The van der Waals surface area contributed by atoms with Crippen LogP contribution in [-0.2, 0) is 0 Å². The average Bonchev–Trinajstić information content (AvgIpc) is 2.40. The van der Waals surface area contributed by atoms with E-state index in [2.05, 4.69) is 15.3 Å². The minimum absolute atomic E-state index is 0.657. The molecule has 4 heteroatoms. The Morgan fingerprint density at radius 2 is 1.71 bits per heavy atom. The molecule has 2 aromatic rings. The molecule has 0 amide bonds. The average molecular weight is 229 g/mol. The van der Waals surface area contributed by atoms with E-state index in [4.69, 9.17) is 4.74 Å². The number of hydrogen-bond donors (Lipinski definition) is 1. The molecule has 0 unspecified atom stereocenters. The Morgan fingerprint density at radius 3 is 2.24 bits per heavy atom. The van der Waals surface area contributed by atoms with Crippen molar-refractivity contribution in [1.29, 1.82) is 0 Å². The summed E-state index contributed by atoms with van der Waals surface area (Å²) in [5.74, 6) is 1.50. The van der Waals surface area contributed by atoms with Crippen LogP contribution in [0.15, 0.2) is 36.7 Å². The zero-order chi connectivity index (χ0) is 12.1. The first kappa shape index (κ1) is 11.4. The minimum Gasteiger partial charge on any atom is -0.497 e. The van der Waals surface area contributed by atoms with E-state index in [1.807, 2.05) is 43.6 Å². The lowest BCUT2D eigenvalue weighted by atomic mass is 10.1. The molecule has 1 aromatic carbocycles. The van der Waals surface area contributed by atoms with Crippen LogP contribution in [0.2, 0.25) is 0 Å². The zero-order valence-corrected chi connectivity index (χ0v) is 9.97. The molecule has 0 saturated heterocycles. The summed E-state index contributed by atoms with van der Waals surface area (Å²) in [6, 6.07) is 7.83. The molecule has 0 saturated carbocycles. The Bertz CT molecular complexity index is 465. The third-order valence-electron chi connectivity index (χ3n) is 2.41. The maximum absolute atomic E-state index is 5.11. The van der Waals surface area contributed by atoms with E-state index < -0.39 is 0 Å². The van der Waals surface area contributed by atoms with Gasteiger partial charge in [-0.2, -0.15) is 0 Å². The van der Waals surface area contributed by atoms with Crippen molar-refractivity contribution in [3.8, 4) is 16.9 Å². The smallest absolute Gasteiger partial charge is 0.222 e. The highest BCUT2D eigenvalue weighted by Gasteiger charge is 2.00. The molecule has 0 aliphatic rings. The maximum Gasteiger partial charge on any atom is 0.222 e. The van der Waals surface area contributed by atoms with Crippen LogP contribution in [0, 0.1) is 0 Å². The molecule has 88 valence electrons. The highest BCUT2D eigenvalue weighted by molar-refractivity contribution is 5.62. The fourth-order valence-corrected chi connectivity index (χ4v) is 1.51. The van der Waals surface area contributed by atoms with Crippen molar-refractivity contribution in [2.75, 3.05) is 19.0 Å². The molecule has 0 radical (unpaired) electrons. The van der Waals surface area contributed by atoms with Gasteiger partial charge in [0.25, 0.3) is 0 Å². The fourth-order valence-electron chi connectivity index (χ4n) is 1.51. The van der Waals surface area contributed by atoms with Gasteiger partial charge in [-0.1, -0.05) is 12.1 Å². The van der Waals surface area contributed by atoms with Crippen LogP contribution in [0.5, 0.6) is 5.75 Å². The second-order valence-electron chi connectivity index (χ2n) is 3.55. The standard InChI is InChI=1S/C13H15N3O/c1-3-14-13-15-8-11(9-16-13)10-4-6-12(17-2)7-5-10/h4-9H,3H2,1-2H3,(H,14,15,16). The Hall–Kier alpha value is -2.10. The van der Waals surface area contributed by atoms with E-state index in [-0.39, 0.29) is 0 Å². The summed E-state index contributed by atoms with van der Waals surface area (Å²) in [5.41, 5.74) is 2.07. The number of anilines is 1. The number of nitrogens with zero attached hydrogens (tertiary/aromatic N) is 2. The van der Waals surface area contributed by atoms with Gasteiger partial charge in [-0.25, -0.2) is 9.97 Å². The Kier molecular flexibility index (Phi) is 3.55. The van der Waals surface area contributed by atoms with Crippen LogP contribution in [0.4, 0.5) is 5.95 Å². The van der Waals surface area contributed by atoms with Crippen LogP contribution in [0.1, 0.15) is 6.92 Å². The van der Waals surface area contributed by atoms with Crippen LogP contribution < -0.4 is 10.1 Å². The Labute approximate surface area is 101 Å².